The van der Waals surface area contributed by atoms with Crippen LogP contribution in [0.4, 0.5) is 0 Å². The van der Waals surface area contributed by atoms with Crippen molar-refractivity contribution in [1.82, 2.24) is 10.6 Å². The average molecular weight is 313 g/mol. The summed E-state index contributed by atoms with van der Waals surface area (Å²) >= 11 is 6.25. The number of allylic oxidation sites excluding steroid dienone is 3. The van der Waals surface area contributed by atoms with E-state index < -0.39 is 0 Å². The van der Waals surface area contributed by atoms with Gasteiger partial charge in [0.25, 0.3) is 0 Å². The standard InChI is InChI=1S/C19H21ClN2/c20-16-5-6-17-15(12-16)4-3-14-2-1-9-22-19(14)18(17)13-7-10-21-11-8-13/h1-2,5-6,12,21-22H,3-4,7-11H2. The van der Waals surface area contributed by atoms with Crippen molar-refractivity contribution >= 4 is 17.2 Å². The summed E-state index contributed by atoms with van der Waals surface area (Å²) in [5.74, 6) is 0. The lowest BCUT2D eigenvalue weighted by Gasteiger charge is -2.25. The molecule has 2 nitrogen and oxygen atoms in total. The molecule has 1 aromatic carbocycles. The molecule has 0 aromatic heterocycles. The smallest absolute Gasteiger partial charge is 0.0454 e. The molecule has 3 heteroatoms. The Kier molecular flexibility index (Phi) is 3.81. The minimum atomic E-state index is 0.844. The fourth-order valence-electron chi connectivity index (χ4n) is 3.78. The molecule has 1 saturated heterocycles. The molecule has 0 bridgehead atoms. The highest BCUT2D eigenvalue weighted by Gasteiger charge is 2.24. The molecular formula is C19H21ClN2. The van der Waals surface area contributed by atoms with Crippen LogP contribution in [0.2, 0.25) is 5.02 Å². The zero-order valence-corrected chi connectivity index (χ0v) is 13.5. The Labute approximate surface area is 136 Å². The molecule has 1 fully saturated rings. The van der Waals surface area contributed by atoms with Crippen LogP contribution in [0.25, 0.3) is 5.57 Å². The van der Waals surface area contributed by atoms with E-state index in [1.165, 1.54) is 28.0 Å². The molecule has 0 saturated carbocycles. The number of hydrogen-bond acceptors (Lipinski definition) is 2. The Balaban J connectivity index is 1.93. The first-order chi connectivity index (χ1) is 10.8. The van der Waals surface area contributed by atoms with Gasteiger partial charge in [-0.05, 0) is 67.6 Å². The highest BCUT2D eigenvalue weighted by molar-refractivity contribution is 6.30. The van der Waals surface area contributed by atoms with E-state index in [0.29, 0.717) is 0 Å². The van der Waals surface area contributed by atoms with E-state index >= 15 is 0 Å². The van der Waals surface area contributed by atoms with Crippen molar-refractivity contribution in [3.8, 4) is 0 Å². The Bertz CT molecular complexity index is 689. The maximum absolute atomic E-state index is 6.25. The summed E-state index contributed by atoms with van der Waals surface area (Å²) in [6.45, 7) is 3.09. The molecule has 2 heterocycles. The van der Waals surface area contributed by atoms with Crippen molar-refractivity contribution in [2.75, 3.05) is 19.6 Å². The van der Waals surface area contributed by atoms with E-state index in [0.717, 1.165) is 50.3 Å². The van der Waals surface area contributed by atoms with E-state index in [1.54, 1.807) is 5.57 Å². The van der Waals surface area contributed by atoms with Crippen LogP contribution in [-0.4, -0.2) is 19.6 Å². The normalized spacial score (nSPS) is 21.1. The van der Waals surface area contributed by atoms with Crippen LogP contribution in [0.15, 0.2) is 47.2 Å². The minimum absolute atomic E-state index is 0.844. The second-order valence-corrected chi connectivity index (χ2v) is 6.65. The summed E-state index contributed by atoms with van der Waals surface area (Å²) in [5, 5.41) is 7.96. The third kappa shape index (κ3) is 2.51. The Morgan fingerprint density at radius 3 is 2.73 bits per heavy atom. The summed E-state index contributed by atoms with van der Waals surface area (Å²) in [6, 6.07) is 6.41. The lowest BCUT2D eigenvalue weighted by Crippen LogP contribution is -2.26. The van der Waals surface area contributed by atoms with Crippen molar-refractivity contribution in [3.05, 3.63) is 63.3 Å². The third-order valence-electron chi connectivity index (χ3n) is 4.85. The number of rotatable bonds is 0. The summed E-state index contributed by atoms with van der Waals surface area (Å²) in [6.07, 6.45) is 8.96. The Hall–Kier alpha value is -1.51. The van der Waals surface area contributed by atoms with Crippen LogP contribution in [-0.2, 0) is 6.42 Å². The highest BCUT2D eigenvalue weighted by atomic mass is 35.5. The molecule has 0 atom stereocenters. The molecule has 0 spiro atoms. The van der Waals surface area contributed by atoms with Gasteiger partial charge in [-0.1, -0.05) is 35.4 Å². The fourth-order valence-corrected chi connectivity index (χ4v) is 3.97. The number of aryl methyl sites for hydroxylation is 1. The second-order valence-electron chi connectivity index (χ2n) is 6.21. The predicted molar refractivity (Wildman–Crippen MR) is 93.0 cm³/mol. The number of dihydropyridines is 1. The average Bonchev–Trinajstić information content (AvgIpc) is 2.72. The van der Waals surface area contributed by atoms with E-state index in [1.807, 2.05) is 6.07 Å². The molecule has 0 unspecified atom stereocenters. The van der Waals surface area contributed by atoms with Gasteiger partial charge in [0.2, 0.25) is 0 Å². The van der Waals surface area contributed by atoms with Gasteiger partial charge in [-0.2, -0.15) is 0 Å². The summed E-state index contributed by atoms with van der Waals surface area (Å²) < 4.78 is 0. The van der Waals surface area contributed by atoms with Crippen molar-refractivity contribution in [1.29, 1.82) is 0 Å². The van der Waals surface area contributed by atoms with Crippen molar-refractivity contribution < 1.29 is 0 Å². The summed E-state index contributed by atoms with van der Waals surface area (Å²) in [7, 11) is 0. The lowest BCUT2D eigenvalue weighted by molar-refractivity contribution is 0.611. The third-order valence-corrected chi connectivity index (χ3v) is 5.08. The van der Waals surface area contributed by atoms with E-state index in [9.17, 15) is 0 Å². The molecule has 1 aliphatic carbocycles. The largest absolute Gasteiger partial charge is 0.381 e. The Morgan fingerprint density at radius 1 is 1.00 bits per heavy atom. The van der Waals surface area contributed by atoms with Gasteiger partial charge in [0.15, 0.2) is 0 Å². The SMILES string of the molecule is Clc1ccc2c(c1)CCC1=C(NCC=C1)C2=C1CCNCC1. The van der Waals surface area contributed by atoms with Gasteiger partial charge in [-0.15, -0.1) is 0 Å². The zero-order chi connectivity index (χ0) is 14.9. The van der Waals surface area contributed by atoms with Gasteiger partial charge in [0.05, 0.1) is 0 Å². The summed E-state index contributed by atoms with van der Waals surface area (Å²) in [5.41, 5.74) is 8.61. The van der Waals surface area contributed by atoms with Crippen LogP contribution in [0.3, 0.4) is 0 Å². The van der Waals surface area contributed by atoms with Crippen LogP contribution < -0.4 is 10.6 Å². The quantitative estimate of drug-likeness (QED) is 0.760. The topological polar surface area (TPSA) is 24.1 Å². The van der Waals surface area contributed by atoms with Crippen LogP contribution in [0.5, 0.6) is 0 Å². The van der Waals surface area contributed by atoms with Gasteiger partial charge in [0.1, 0.15) is 0 Å². The molecule has 114 valence electrons. The van der Waals surface area contributed by atoms with Gasteiger partial charge in [0, 0.05) is 22.8 Å². The van der Waals surface area contributed by atoms with Crippen LogP contribution >= 0.6 is 11.6 Å². The molecule has 0 radical (unpaired) electrons. The molecule has 4 rings (SSSR count). The van der Waals surface area contributed by atoms with Crippen molar-refractivity contribution in [2.24, 2.45) is 0 Å². The number of piperidine rings is 1. The number of nitrogens with one attached hydrogen (secondary N) is 2. The first kappa shape index (κ1) is 14.1. The van der Waals surface area contributed by atoms with Gasteiger partial charge < -0.3 is 10.6 Å². The molecule has 3 aliphatic rings. The van der Waals surface area contributed by atoms with E-state index in [2.05, 4.69) is 34.9 Å². The van der Waals surface area contributed by atoms with E-state index in [4.69, 9.17) is 11.6 Å². The lowest BCUT2D eigenvalue weighted by atomic mass is 9.88. The molecular weight excluding hydrogens is 292 g/mol. The number of benzene rings is 1. The Morgan fingerprint density at radius 2 is 1.86 bits per heavy atom. The molecule has 1 aromatic rings. The first-order valence-electron chi connectivity index (χ1n) is 8.18. The predicted octanol–water partition coefficient (Wildman–Crippen LogP) is 3.84. The first-order valence-corrected chi connectivity index (χ1v) is 8.56. The molecule has 0 amide bonds. The van der Waals surface area contributed by atoms with Gasteiger partial charge >= 0.3 is 0 Å². The number of fused-ring (bicyclic) bond motifs is 1. The monoisotopic (exact) mass is 312 g/mol. The van der Waals surface area contributed by atoms with Gasteiger partial charge in [-0.3, -0.25) is 0 Å². The molecule has 2 aliphatic heterocycles. The number of halogens is 1. The van der Waals surface area contributed by atoms with E-state index in [-0.39, 0.29) is 0 Å². The fraction of sp³-hybridized carbons (Fsp3) is 0.368. The van der Waals surface area contributed by atoms with Crippen molar-refractivity contribution in [3.63, 3.8) is 0 Å². The molecule has 22 heavy (non-hydrogen) atoms. The van der Waals surface area contributed by atoms with Gasteiger partial charge in [-0.25, -0.2) is 0 Å². The molecule has 2 N–H and O–H groups in total. The van der Waals surface area contributed by atoms with Crippen LogP contribution in [0.1, 0.15) is 30.4 Å². The zero-order valence-electron chi connectivity index (χ0n) is 12.7. The van der Waals surface area contributed by atoms with Crippen molar-refractivity contribution in [2.45, 2.75) is 25.7 Å². The maximum atomic E-state index is 6.25. The van der Waals surface area contributed by atoms with Crippen LogP contribution in [0, 0.1) is 0 Å². The number of hydrogen-bond donors (Lipinski definition) is 2. The minimum Gasteiger partial charge on any atom is -0.381 e. The second kappa shape index (κ2) is 5.94. The highest BCUT2D eigenvalue weighted by Crippen LogP contribution is 2.39. The maximum Gasteiger partial charge on any atom is 0.0454 e. The summed E-state index contributed by atoms with van der Waals surface area (Å²) in [4.78, 5) is 0.